The van der Waals surface area contributed by atoms with Crippen molar-refractivity contribution in [3.05, 3.63) is 89.5 Å². The van der Waals surface area contributed by atoms with Crippen LogP contribution in [0.5, 0.6) is 0 Å². The van der Waals surface area contributed by atoms with Gasteiger partial charge in [0.05, 0.1) is 0 Å². The number of hydrogen-bond acceptors (Lipinski definition) is 0. The largest absolute Gasteiger partial charge is 0.0616 e. The molecule has 3 aliphatic rings. The zero-order valence-corrected chi connectivity index (χ0v) is 14.3. The van der Waals surface area contributed by atoms with Crippen molar-refractivity contribution in [2.75, 3.05) is 0 Å². The lowest BCUT2D eigenvalue weighted by Crippen LogP contribution is -1.87. The van der Waals surface area contributed by atoms with Crippen LogP contribution >= 0.6 is 0 Å². The third-order valence-corrected chi connectivity index (χ3v) is 6.39. The van der Waals surface area contributed by atoms with Crippen LogP contribution in [0.4, 0.5) is 0 Å². The standard InChI is InChI=1S/C26H16/c1-2-5-21-20(4-1)23-7-3-6-22-18(10-11-24(21)26(22)23)15-8-9-19-16(12-15)13-17-14-25(17)19/h1-13,25H,14H2. The summed E-state index contributed by atoms with van der Waals surface area (Å²) in [6, 6.07) is 27.2. The third kappa shape index (κ3) is 1.51. The average Bonchev–Trinajstić information content (AvgIpc) is 3.25. The highest BCUT2D eigenvalue weighted by molar-refractivity contribution is 6.18. The van der Waals surface area contributed by atoms with Crippen LogP contribution in [0.15, 0.2) is 78.4 Å². The van der Waals surface area contributed by atoms with E-state index in [4.69, 9.17) is 0 Å². The summed E-state index contributed by atoms with van der Waals surface area (Å²) in [5.74, 6) is 0.737. The smallest absolute Gasteiger partial charge is 0.00952 e. The molecular weight excluding hydrogens is 312 g/mol. The fourth-order valence-corrected chi connectivity index (χ4v) is 5.09. The van der Waals surface area contributed by atoms with Crippen LogP contribution < -0.4 is 0 Å². The Kier molecular flexibility index (Phi) is 2.19. The van der Waals surface area contributed by atoms with Gasteiger partial charge in [-0.15, -0.1) is 0 Å². The number of hydrogen-bond donors (Lipinski definition) is 0. The Morgan fingerprint density at radius 2 is 1.42 bits per heavy atom. The van der Waals surface area contributed by atoms with E-state index in [0.29, 0.717) is 0 Å². The molecule has 1 unspecified atom stereocenters. The summed E-state index contributed by atoms with van der Waals surface area (Å²) in [6.45, 7) is 0. The zero-order chi connectivity index (χ0) is 16.8. The topological polar surface area (TPSA) is 0 Å². The Labute approximate surface area is 152 Å². The Morgan fingerprint density at radius 1 is 0.654 bits per heavy atom. The molecular formula is C26H16. The molecule has 26 heavy (non-hydrogen) atoms. The van der Waals surface area contributed by atoms with Crippen molar-refractivity contribution in [3.8, 4) is 33.4 Å². The first kappa shape index (κ1) is 13.1. The number of benzene rings is 4. The van der Waals surface area contributed by atoms with Gasteiger partial charge in [0.15, 0.2) is 0 Å². The van der Waals surface area contributed by atoms with Gasteiger partial charge in [-0.05, 0) is 67.8 Å². The quantitative estimate of drug-likeness (QED) is 0.309. The van der Waals surface area contributed by atoms with Crippen molar-refractivity contribution in [3.63, 3.8) is 0 Å². The highest BCUT2D eigenvalue weighted by Gasteiger charge is 2.37. The molecule has 120 valence electrons. The lowest BCUT2D eigenvalue weighted by Gasteiger charge is -2.11. The fraction of sp³-hybridized carbons (Fsp3) is 0.0769. The monoisotopic (exact) mass is 328 g/mol. The maximum Gasteiger partial charge on any atom is 0.00952 e. The Bertz CT molecular complexity index is 1270. The molecule has 0 nitrogen and oxygen atoms in total. The molecule has 0 radical (unpaired) electrons. The zero-order valence-electron chi connectivity index (χ0n) is 14.3. The van der Waals surface area contributed by atoms with Crippen LogP contribution in [-0.4, -0.2) is 0 Å². The van der Waals surface area contributed by atoms with Gasteiger partial charge >= 0.3 is 0 Å². The van der Waals surface area contributed by atoms with Gasteiger partial charge < -0.3 is 0 Å². The summed E-state index contributed by atoms with van der Waals surface area (Å²) < 4.78 is 0. The molecule has 0 aliphatic heterocycles. The molecule has 3 aliphatic carbocycles. The van der Waals surface area contributed by atoms with Gasteiger partial charge in [-0.2, -0.15) is 0 Å². The van der Waals surface area contributed by atoms with E-state index >= 15 is 0 Å². The van der Waals surface area contributed by atoms with Crippen LogP contribution in [0.3, 0.4) is 0 Å². The Morgan fingerprint density at radius 3 is 2.31 bits per heavy atom. The Hall–Kier alpha value is -3.12. The lowest BCUT2D eigenvalue weighted by atomic mass is 9.92. The SMILES string of the molecule is C1=C2CC2c2ccc(-c3ccc4c5c(cccc35)-c3ccccc3-4)cc21. The van der Waals surface area contributed by atoms with Crippen LogP contribution in [0, 0.1) is 0 Å². The maximum atomic E-state index is 2.40. The van der Waals surface area contributed by atoms with Gasteiger partial charge in [0.1, 0.15) is 0 Å². The van der Waals surface area contributed by atoms with E-state index in [0.717, 1.165) is 5.92 Å². The highest BCUT2D eigenvalue weighted by atomic mass is 14.4. The van der Waals surface area contributed by atoms with Crippen LogP contribution in [0.25, 0.3) is 50.2 Å². The molecule has 1 saturated carbocycles. The highest BCUT2D eigenvalue weighted by Crippen LogP contribution is 2.55. The predicted molar refractivity (Wildman–Crippen MR) is 109 cm³/mol. The van der Waals surface area contributed by atoms with Gasteiger partial charge in [-0.3, -0.25) is 0 Å². The third-order valence-electron chi connectivity index (χ3n) is 6.39. The molecule has 4 aromatic carbocycles. The molecule has 0 amide bonds. The van der Waals surface area contributed by atoms with E-state index in [2.05, 4.69) is 78.9 Å². The van der Waals surface area contributed by atoms with Crippen molar-refractivity contribution in [1.82, 2.24) is 0 Å². The average molecular weight is 328 g/mol. The van der Waals surface area contributed by atoms with Gasteiger partial charge in [-0.25, -0.2) is 0 Å². The first-order valence-corrected chi connectivity index (χ1v) is 9.39. The molecule has 1 atom stereocenters. The molecule has 1 fully saturated rings. The van der Waals surface area contributed by atoms with Crippen LogP contribution in [0.2, 0.25) is 0 Å². The normalized spacial score (nSPS) is 17.7. The minimum absolute atomic E-state index is 0.737. The molecule has 0 aromatic heterocycles. The molecule has 0 bridgehead atoms. The maximum absolute atomic E-state index is 2.40. The minimum atomic E-state index is 0.737. The summed E-state index contributed by atoms with van der Waals surface area (Å²) >= 11 is 0. The van der Waals surface area contributed by atoms with E-state index in [-0.39, 0.29) is 0 Å². The summed E-state index contributed by atoms with van der Waals surface area (Å²) in [6.07, 6.45) is 3.69. The van der Waals surface area contributed by atoms with Crippen LogP contribution in [0.1, 0.15) is 23.5 Å². The van der Waals surface area contributed by atoms with E-state index < -0.39 is 0 Å². The molecule has 0 saturated heterocycles. The van der Waals surface area contributed by atoms with Crippen molar-refractivity contribution in [2.45, 2.75) is 12.3 Å². The lowest BCUT2D eigenvalue weighted by molar-refractivity contribution is 1.17. The van der Waals surface area contributed by atoms with Gasteiger partial charge in [-0.1, -0.05) is 78.4 Å². The molecule has 4 aromatic rings. The molecule has 0 heterocycles. The molecule has 0 heteroatoms. The number of rotatable bonds is 1. The minimum Gasteiger partial charge on any atom is -0.0616 e. The van der Waals surface area contributed by atoms with Crippen LogP contribution in [-0.2, 0) is 0 Å². The fourth-order valence-electron chi connectivity index (χ4n) is 5.09. The second kappa shape index (κ2) is 4.34. The first-order valence-electron chi connectivity index (χ1n) is 9.39. The van der Waals surface area contributed by atoms with E-state index in [1.165, 1.54) is 61.7 Å². The predicted octanol–water partition coefficient (Wildman–Crippen LogP) is 7.04. The number of fused-ring (bicyclic) bond motifs is 6. The molecule has 0 N–H and O–H groups in total. The summed E-state index contributed by atoms with van der Waals surface area (Å²) in [5.41, 5.74) is 12.7. The summed E-state index contributed by atoms with van der Waals surface area (Å²) in [7, 11) is 0. The van der Waals surface area contributed by atoms with E-state index in [9.17, 15) is 0 Å². The first-order chi connectivity index (χ1) is 12.9. The second-order valence-corrected chi connectivity index (χ2v) is 7.75. The van der Waals surface area contributed by atoms with E-state index in [1.807, 2.05) is 0 Å². The van der Waals surface area contributed by atoms with Gasteiger partial charge in [0, 0.05) is 5.92 Å². The van der Waals surface area contributed by atoms with Gasteiger partial charge in [0.25, 0.3) is 0 Å². The van der Waals surface area contributed by atoms with Crippen molar-refractivity contribution >= 4 is 16.8 Å². The molecule has 0 spiro atoms. The van der Waals surface area contributed by atoms with Gasteiger partial charge in [0.2, 0.25) is 0 Å². The summed E-state index contributed by atoms with van der Waals surface area (Å²) in [5, 5.41) is 2.78. The summed E-state index contributed by atoms with van der Waals surface area (Å²) in [4.78, 5) is 0. The molecule has 7 rings (SSSR count). The van der Waals surface area contributed by atoms with Crippen molar-refractivity contribution in [2.24, 2.45) is 0 Å². The van der Waals surface area contributed by atoms with E-state index in [1.54, 1.807) is 5.57 Å². The number of allylic oxidation sites excluding steroid dienone is 1. The van der Waals surface area contributed by atoms with Crippen molar-refractivity contribution < 1.29 is 0 Å². The second-order valence-electron chi connectivity index (χ2n) is 7.75. The van der Waals surface area contributed by atoms with Crippen molar-refractivity contribution in [1.29, 1.82) is 0 Å². The Balaban J connectivity index is 1.52.